The van der Waals surface area contributed by atoms with E-state index in [0.29, 0.717) is 10.7 Å². The van der Waals surface area contributed by atoms with E-state index in [4.69, 9.17) is 11.6 Å². The van der Waals surface area contributed by atoms with Crippen molar-refractivity contribution in [1.29, 1.82) is 0 Å². The first-order valence-corrected chi connectivity index (χ1v) is 8.23. The summed E-state index contributed by atoms with van der Waals surface area (Å²) in [6.07, 6.45) is 0.304. The van der Waals surface area contributed by atoms with Gasteiger partial charge in [0.25, 0.3) is 0 Å². The summed E-state index contributed by atoms with van der Waals surface area (Å²) in [5.41, 5.74) is 5.68. The number of hydrazone groups is 1. The van der Waals surface area contributed by atoms with Gasteiger partial charge in [-0.25, -0.2) is 5.43 Å². The summed E-state index contributed by atoms with van der Waals surface area (Å²) in [5, 5.41) is 7.37. The molecule has 0 saturated carbocycles. The summed E-state index contributed by atoms with van der Waals surface area (Å²) in [6.45, 7) is 3.67. The van der Waals surface area contributed by atoms with E-state index in [2.05, 4.69) is 15.8 Å². The minimum atomic E-state index is -0.249. The second-order valence-corrected chi connectivity index (χ2v) is 6.21. The van der Waals surface area contributed by atoms with Gasteiger partial charge in [-0.05, 0) is 43.7 Å². The van der Waals surface area contributed by atoms with E-state index in [9.17, 15) is 9.59 Å². The van der Waals surface area contributed by atoms with Gasteiger partial charge >= 0.3 is 0 Å². The number of nitrogens with zero attached hydrogens (tertiary/aromatic N) is 1. The summed E-state index contributed by atoms with van der Waals surface area (Å²) in [5.74, 6) is -0.433. The van der Waals surface area contributed by atoms with E-state index in [0.717, 1.165) is 16.8 Å². The molecule has 0 unspecified atom stereocenters. The zero-order valence-corrected chi connectivity index (χ0v) is 14.9. The fourth-order valence-electron chi connectivity index (χ4n) is 2.10. The smallest absolute Gasteiger partial charge is 0.244 e. The highest BCUT2D eigenvalue weighted by molar-refractivity contribution is 6.30. The third kappa shape index (κ3) is 6.77. The van der Waals surface area contributed by atoms with Crippen molar-refractivity contribution in [1.82, 2.24) is 5.43 Å². The van der Waals surface area contributed by atoms with Crippen LogP contribution < -0.4 is 10.7 Å². The van der Waals surface area contributed by atoms with Crippen LogP contribution in [-0.2, 0) is 16.0 Å². The van der Waals surface area contributed by atoms with E-state index in [1.807, 2.05) is 31.2 Å². The Hall–Kier alpha value is -2.66. The van der Waals surface area contributed by atoms with Gasteiger partial charge in [0.15, 0.2) is 0 Å². The summed E-state index contributed by atoms with van der Waals surface area (Å²) in [7, 11) is 0. The predicted octanol–water partition coefficient (Wildman–Crippen LogP) is 3.71. The van der Waals surface area contributed by atoms with Crippen LogP contribution in [0.5, 0.6) is 0 Å². The van der Waals surface area contributed by atoms with Gasteiger partial charge in [0.05, 0.1) is 12.8 Å². The molecule has 0 heterocycles. The molecule has 0 bridgehead atoms. The molecule has 0 aliphatic heterocycles. The topological polar surface area (TPSA) is 70.6 Å². The second-order valence-electron chi connectivity index (χ2n) is 5.78. The van der Waals surface area contributed by atoms with Gasteiger partial charge in [-0.3, -0.25) is 9.59 Å². The summed E-state index contributed by atoms with van der Waals surface area (Å²) >= 11 is 5.80. The van der Waals surface area contributed by atoms with Crippen molar-refractivity contribution in [2.75, 3.05) is 5.32 Å². The number of carbonyl (C=O) groups excluding carboxylic acids is 2. The summed E-state index contributed by atoms with van der Waals surface area (Å²) in [6, 6.07) is 14.6. The van der Waals surface area contributed by atoms with Crippen molar-refractivity contribution in [3.05, 3.63) is 64.7 Å². The largest absolute Gasteiger partial charge is 0.326 e. The van der Waals surface area contributed by atoms with Crippen LogP contribution in [0, 0.1) is 6.92 Å². The van der Waals surface area contributed by atoms with Crippen LogP contribution in [-0.4, -0.2) is 17.5 Å². The Balaban J connectivity index is 1.79. The van der Waals surface area contributed by atoms with Crippen molar-refractivity contribution in [2.45, 2.75) is 26.7 Å². The maximum absolute atomic E-state index is 12.0. The maximum Gasteiger partial charge on any atom is 0.244 e. The maximum atomic E-state index is 12.0. The fourth-order valence-corrected chi connectivity index (χ4v) is 2.22. The molecule has 130 valence electrons. The average molecular weight is 358 g/mol. The zero-order chi connectivity index (χ0) is 18.2. The van der Waals surface area contributed by atoms with Crippen molar-refractivity contribution in [3.8, 4) is 0 Å². The molecule has 0 aliphatic carbocycles. The van der Waals surface area contributed by atoms with E-state index in [1.54, 1.807) is 31.2 Å². The van der Waals surface area contributed by atoms with Gasteiger partial charge < -0.3 is 5.32 Å². The number of rotatable bonds is 6. The Morgan fingerprint density at radius 1 is 1.00 bits per heavy atom. The Labute approximate surface area is 152 Å². The summed E-state index contributed by atoms with van der Waals surface area (Å²) < 4.78 is 0. The molecule has 0 aromatic heterocycles. The van der Waals surface area contributed by atoms with Crippen LogP contribution in [0.2, 0.25) is 5.02 Å². The fraction of sp³-hybridized carbons (Fsp3) is 0.211. The molecule has 2 aromatic carbocycles. The highest BCUT2D eigenvalue weighted by Crippen LogP contribution is 2.10. The molecule has 0 atom stereocenters. The number of hydrogen-bond donors (Lipinski definition) is 2. The Bertz CT molecular complexity index is 768. The SMILES string of the molecule is C/C(CC(=O)Nc1ccc(C)cc1)=N\NC(=O)Cc1ccc(Cl)cc1. The molecule has 0 fully saturated rings. The number of benzene rings is 2. The number of halogens is 1. The predicted molar refractivity (Wildman–Crippen MR) is 101 cm³/mol. The first-order valence-electron chi connectivity index (χ1n) is 7.85. The van der Waals surface area contributed by atoms with E-state index in [1.165, 1.54) is 0 Å². The Morgan fingerprint density at radius 3 is 2.28 bits per heavy atom. The van der Waals surface area contributed by atoms with Crippen molar-refractivity contribution < 1.29 is 9.59 Å². The molecule has 2 aromatic rings. The van der Waals surface area contributed by atoms with Crippen LogP contribution in [0.25, 0.3) is 0 Å². The molecular weight excluding hydrogens is 338 g/mol. The van der Waals surface area contributed by atoms with Gasteiger partial charge in [-0.1, -0.05) is 41.4 Å². The standard InChI is InChI=1S/C19H20ClN3O2/c1-13-3-9-17(10-4-13)21-18(24)11-14(2)22-23-19(25)12-15-5-7-16(20)8-6-15/h3-10H,11-12H2,1-2H3,(H,21,24)(H,23,25)/b22-14+. The van der Waals surface area contributed by atoms with Gasteiger partial charge in [0.1, 0.15) is 0 Å². The molecule has 2 N–H and O–H groups in total. The van der Waals surface area contributed by atoms with Crippen LogP contribution in [0.4, 0.5) is 5.69 Å². The molecule has 2 amide bonds. The Kier molecular flexibility index (Phi) is 6.71. The minimum absolute atomic E-state index is 0.106. The third-order valence-corrected chi connectivity index (χ3v) is 3.65. The molecule has 0 spiro atoms. The van der Waals surface area contributed by atoms with Gasteiger partial charge in [-0.15, -0.1) is 0 Å². The van der Waals surface area contributed by atoms with Gasteiger partial charge in [0, 0.05) is 16.4 Å². The molecule has 0 radical (unpaired) electrons. The lowest BCUT2D eigenvalue weighted by Gasteiger charge is -2.06. The van der Waals surface area contributed by atoms with E-state index >= 15 is 0 Å². The minimum Gasteiger partial charge on any atom is -0.326 e. The molecule has 6 heteroatoms. The molecule has 25 heavy (non-hydrogen) atoms. The Morgan fingerprint density at radius 2 is 1.64 bits per heavy atom. The zero-order valence-electron chi connectivity index (χ0n) is 14.2. The monoisotopic (exact) mass is 357 g/mol. The van der Waals surface area contributed by atoms with Gasteiger partial charge in [0.2, 0.25) is 11.8 Å². The summed E-state index contributed by atoms with van der Waals surface area (Å²) in [4.78, 5) is 23.8. The normalized spacial score (nSPS) is 11.1. The third-order valence-electron chi connectivity index (χ3n) is 3.40. The van der Waals surface area contributed by atoms with Crippen molar-refractivity contribution in [2.24, 2.45) is 5.10 Å². The lowest BCUT2D eigenvalue weighted by molar-refractivity contribution is -0.120. The molecular formula is C19H20ClN3O2. The van der Waals surface area contributed by atoms with Gasteiger partial charge in [-0.2, -0.15) is 5.10 Å². The van der Waals surface area contributed by atoms with Crippen LogP contribution in [0.15, 0.2) is 53.6 Å². The van der Waals surface area contributed by atoms with E-state index in [-0.39, 0.29) is 24.7 Å². The number of carbonyl (C=O) groups is 2. The van der Waals surface area contributed by atoms with Crippen LogP contribution in [0.1, 0.15) is 24.5 Å². The average Bonchev–Trinajstić information content (AvgIpc) is 2.57. The molecule has 0 saturated heterocycles. The lowest BCUT2D eigenvalue weighted by atomic mass is 10.1. The van der Waals surface area contributed by atoms with E-state index < -0.39 is 0 Å². The molecule has 2 rings (SSSR count). The second kappa shape index (κ2) is 8.99. The van der Waals surface area contributed by atoms with Crippen molar-refractivity contribution in [3.63, 3.8) is 0 Å². The van der Waals surface area contributed by atoms with Crippen molar-refractivity contribution >= 4 is 34.8 Å². The number of nitrogens with one attached hydrogen (secondary N) is 2. The first kappa shape index (κ1) is 18.7. The first-order chi connectivity index (χ1) is 11.9. The van der Waals surface area contributed by atoms with Crippen LogP contribution in [0.3, 0.4) is 0 Å². The number of anilines is 1. The number of aryl methyl sites for hydroxylation is 1. The lowest BCUT2D eigenvalue weighted by Crippen LogP contribution is -2.22. The quantitative estimate of drug-likeness (QED) is 0.611. The highest BCUT2D eigenvalue weighted by atomic mass is 35.5. The molecule has 5 nitrogen and oxygen atoms in total. The molecule has 0 aliphatic rings. The highest BCUT2D eigenvalue weighted by Gasteiger charge is 2.06. The number of amides is 2. The van der Waals surface area contributed by atoms with Crippen LogP contribution >= 0.6 is 11.6 Å². The number of hydrogen-bond acceptors (Lipinski definition) is 3.